The van der Waals surface area contributed by atoms with Crippen LogP contribution in [-0.4, -0.2) is 49.2 Å². The van der Waals surface area contributed by atoms with Crippen molar-refractivity contribution in [3.63, 3.8) is 0 Å². The summed E-state index contributed by atoms with van der Waals surface area (Å²) in [5, 5.41) is 4.22. The molecule has 9 heteroatoms. The molecule has 4 rings (SSSR count). The summed E-state index contributed by atoms with van der Waals surface area (Å²) in [6.07, 6.45) is 5.12. The maximum absolute atomic E-state index is 11.5. The average Bonchev–Trinajstić information content (AvgIpc) is 3.44. The predicted molar refractivity (Wildman–Crippen MR) is 112 cm³/mol. The first-order valence-electron chi connectivity index (χ1n) is 9.36. The van der Waals surface area contributed by atoms with Crippen LogP contribution in [-0.2, 0) is 16.1 Å². The lowest BCUT2D eigenvalue weighted by molar-refractivity contribution is -0.141. The van der Waals surface area contributed by atoms with Crippen molar-refractivity contribution < 1.29 is 28.2 Å². The lowest BCUT2D eigenvalue weighted by atomic mass is 10.1. The molecule has 0 aliphatic rings. The summed E-state index contributed by atoms with van der Waals surface area (Å²) in [5.74, 6) is 1.76. The molecular weight excluding hydrogens is 402 g/mol. The first kappa shape index (κ1) is 20.3. The van der Waals surface area contributed by atoms with Crippen LogP contribution in [0.2, 0.25) is 0 Å². The second-order valence-electron chi connectivity index (χ2n) is 6.60. The van der Waals surface area contributed by atoms with E-state index in [0.717, 1.165) is 16.7 Å². The molecule has 0 unspecified atom stereocenters. The molecule has 0 radical (unpaired) electrons. The van der Waals surface area contributed by atoms with Gasteiger partial charge in [-0.1, -0.05) is 0 Å². The summed E-state index contributed by atoms with van der Waals surface area (Å²) >= 11 is 0. The lowest BCUT2D eigenvalue weighted by Gasteiger charge is -2.13. The number of pyridine rings is 1. The molecule has 0 N–H and O–H groups in total. The Hall–Kier alpha value is -4.01. The monoisotopic (exact) mass is 423 g/mol. The molecule has 9 nitrogen and oxygen atoms in total. The number of carbonyl (C=O) groups excluding carboxylic acids is 1. The minimum atomic E-state index is -0.378. The molecule has 0 aliphatic carbocycles. The van der Waals surface area contributed by atoms with Crippen LogP contribution in [0.25, 0.3) is 33.6 Å². The number of rotatable bonds is 7. The number of ether oxygens (including phenoxy) is 4. The molecule has 4 aromatic rings. The van der Waals surface area contributed by atoms with Gasteiger partial charge in [-0.25, -0.2) is 0 Å². The average molecular weight is 423 g/mol. The molecule has 0 bridgehead atoms. The molecule has 3 heterocycles. The summed E-state index contributed by atoms with van der Waals surface area (Å²) < 4.78 is 28.6. The van der Waals surface area contributed by atoms with Crippen LogP contribution in [0.5, 0.6) is 17.2 Å². The summed E-state index contributed by atoms with van der Waals surface area (Å²) in [6, 6.07) is 7.31. The van der Waals surface area contributed by atoms with E-state index in [1.54, 1.807) is 39.9 Å². The second-order valence-corrected chi connectivity index (χ2v) is 6.60. The number of nitrogens with zero attached hydrogens (tertiary/aromatic N) is 3. The van der Waals surface area contributed by atoms with Crippen molar-refractivity contribution >= 4 is 17.1 Å². The zero-order valence-corrected chi connectivity index (χ0v) is 17.5. The van der Waals surface area contributed by atoms with Gasteiger partial charge in [-0.15, -0.1) is 0 Å². The van der Waals surface area contributed by atoms with Gasteiger partial charge in [0.1, 0.15) is 17.8 Å². The summed E-state index contributed by atoms with van der Waals surface area (Å²) in [5.41, 5.74) is 3.63. The Morgan fingerprint density at radius 1 is 1.03 bits per heavy atom. The van der Waals surface area contributed by atoms with Crippen molar-refractivity contribution in [2.75, 3.05) is 28.4 Å². The highest BCUT2D eigenvalue weighted by atomic mass is 16.5. The van der Waals surface area contributed by atoms with Crippen molar-refractivity contribution in [2.45, 2.75) is 6.54 Å². The highest BCUT2D eigenvalue weighted by Crippen LogP contribution is 2.42. The third-order valence-electron chi connectivity index (χ3n) is 4.82. The predicted octanol–water partition coefficient (Wildman–Crippen LogP) is 3.56. The van der Waals surface area contributed by atoms with Crippen LogP contribution in [0.15, 0.2) is 47.3 Å². The van der Waals surface area contributed by atoms with Crippen LogP contribution in [0.1, 0.15) is 0 Å². The number of esters is 1. The van der Waals surface area contributed by atoms with E-state index in [9.17, 15) is 4.79 Å². The minimum Gasteiger partial charge on any atom is -0.493 e. The van der Waals surface area contributed by atoms with Gasteiger partial charge < -0.3 is 23.4 Å². The Labute approximate surface area is 178 Å². The van der Waals surface area contributed by atoms with Gasteiger partial charge in [0, 0.05) is 35.2 Å². The molecule has 160 valence electrons. The van der Waals surface area contributed by atoms with Crippen LogP contribution in [0.4, 0.5) is 0 Å². The van der Waals surface area contributed by atoms with E-state index in [1.165, 1.54) is 11.8 Å². The molecule has 0 amide bonds. The van der Waals surface area contributed by atoms with Gasteiger partial charge in [-0.2, -0.15) is 5.10 Å². The molecule has 31 heavy (non-hydrogen) atoms. The van der Waals surface area contributed by atoms with Crippen LogP contribution >= 0.6 is 0 Å². The SMILES string of the molecule is COC(=O)Cn1cc(-c2ccnc3cc(-c4cc(OC)c(OC)c(OC)c4)oc23)cn1. The van der Waals surface area contributed by atoms with E-state index in [1.807, 2.05) is 24.3 Å². The number of carbonyl (C=O) groups is 1. The Morgan fingerprint density at radius 2 is 1.77 bits per heavy atom. The quantitative estimate of drug-likeness (QED) is 0.416. The number of methoxy groups -OCH3 is 4. The normalized spacial score (nSPS) is 10.8. The Bertz CT molecular complexity index is 1220. The van der Waals surface area contributed by atoms with Crippen molar-refractivity contribution in [3.8, 4) is 39.7 Å². The summed E-state index contributed by atoms with van der Waals surface area (Å²) in [7, 11) is 6.02. The van der Waals surface area contributed by atoms with E-state index in [4.69, 9.17) is 18.6 Å². The van der Waals surface area contributed by atoms with Crippen molar-refractivity contribution in [1.82, 2.24) is 14.8 Å². The molecule has 0 atom stereocenters. The van der Waals surface area contributed by atoms with Gasteiger partial charge in [0.2, 0.25) is 5.75 Å². The maximum atomic E-state index is 11.5. The van der Waals surface area contributed by atoms with Gasteiger partial charge in [-0.05, 0) is 18.2 Å². The minimum absolute atomic E-state index is 0.0273. The molecule has 0 saturated carbocycles. The number of hydrogen-bond acceptors (Lipinski definition) is 8. The zero-order chi connectivity index (χ0) is 22.0. The largest absolute Gasteiger partial charge is 0.493 e. The van der Waals surface area contributed by atoms with E-state index < -0.39 is 0 Å². The Kier molecular flexibility index (Phi) is 5.48. The fourth-order valence-corrected chi connectivity index (χ4v) is 3.32. The third kappa shape index (κ3) is 3.77. The third-order valence-corrected chi connectivity index (χ3v) is 4.82. The second kappa shape index (κ2) is 8.39. The number of fused-ring (bicyclic) bond motifs is 1. The van der Waals surface area contributed by atoms with E-state index >= 15 is 0 Å². The lowest BCUT2D eigenvalue weighted by Crippen LogP contribution is -2.11. The molecule has 0 spiro atoms. The van der Waals surface area contributed by atoms with E-state index in [-0.39, 0.29) is 12.5 Å². The van der Waals surface area contributed by atoms with Gasteiger partial charge in [0.05, 0.1) is 34.6 Å². The van der Waals surface area contributed by atoms with Gasteiger partial charge in [0.15, 0.2) is 17.1 Å². The van der Waals surface area contributed by atoms with Crippen molar-refractivity contribution in [3.05, 3.63) is 42.9 Å². The van der Waals surface area contributed by atoms with Gasteiger partial charge in [0.25, 0.3) is 0 Å². The molecular formula is C22H21N3O6. The van der Waals surface area contributed by atoms with Gasteiger partial charge in [-0.3, -0.25) is 14.5 Å². The molecule has 0 saturated heterocycles. The number of furan rings is 1. The first-order valence-corrected chi connectivity index (χ1v) is 9.36. The van der Waals surface area contributed by atoms with E-state index in [0.29, 0.717) is 34.1 Å². The molecule has 0 fully saturated rings. The summed E-state index contributed by atoms with van der Waals surface area (Å²) in [4.78, 5) is 15.9. The molecule has 3 aromatic heterocycles. The van der Waals surface area contributed by atoms with E-state index in [2.05, 4.69) is 14.8 Å². The van der Waals surface area contributed by atoms with Gasteiger partial charge >= 0.3 is 5.97 Å². The summed E-state index contributed by atoms with van der Waals surface area (Å²) in [6.45, 7) is 0.0273. The molecule has 1 aromatic carbocycles. The zero-order valence-electron chi connectivity index (χ0n) is 17.5. The van der Waals surface area contributed by atoms with Crippen LogP contribution < -0.4 is 14.2 Å². The molecule has 0 aliphatic heterocycles. The number of benzene rings is 1. The fraction of sp³-hybridized carbons (Fsp3) is 0.227. The highest BCUT2D eigenvalue weighted by molar-refractivity contribution is 5.92. The topological polar surface area (TPSA) is 97.8 Å². The fourth-order valence-electron chi connectivity index (χ4n) is 3.32. The highest BCUT2D eigenvalue weighted by Gasteiger charge is 2.18. The van der Waals surface area contributed by atoms with Crippen molar-refractivity contribution in [1.29, 1.82) is 0 Å². The number of hydrogen-bond donors (Lipinski definition) is 0. The standard InChI is InChI=1S/C22H21N3O6/c1-27-18-7-13(8-19(28-2)22(18)30-4)17-9-16-21(31-17)15(5-6-23-16)14-10-24-25(11-14)12-20(26)29-3/h5-11H,12H2,1-4H3. The smallest absolute Gasteiger partial charge is 0.327 e. The van der Waals surface area contributed by atoms with Crippen molar-refractivity contribution in [2.24, 2.45) is 0 Å². The Morgan fingerprint density at radius 3 is 2.42 bits per heavy atom. The number of aromatic nitrogens is 3. The van der Waals surface area contributed by atoms with Crippen LogP contribution in [0, 0.1) is 0 Å². The first-order chi connectivity index (χ1) is 15.1. The van der Waals surface area contributed by atoms with Crippen LogP contribution in [0.3, 0.4) is 0 Å². The Balaban J connectivity index is 1.78. The maximum Gasteiger partial charge on any atom is 0.327 e.